The molecular weight excluding hydrogens is 398 g/mol. The minimum atomic E-state index is -0.116. The summed E-state index contributed by atoms with van der Waals surface area (Å²) in [7, 11) is 3.49. The molecule has 8 heteroatoms. The van der Waals surface area contributed by atoms with Crippen molar-refractivity contribution in [2.75, 3.05) is 44.0 Å². The largest absolute Gasteiger partial charge is 0.497 e. The van der Waals surface area contributed by atoms with Gasteiger partial charge < -0.3 is 14.5 Å². The summed E-state index contributed by atoms with van der Waals surface area (Å²) >= 11 is 1.46. The molecule has 1 aliphatic heterocycles. The number of anilines is 2. The Balaban J connectivity index is 1.24. The number of nitrogens with one attached hydrogen (secondary N) is 1. The summed E-state index contributed by atoms with van der Waals surface area (Å²) in [4.78, 5) is 25.3. The van der Waals surface area contributed by atoms with Gasteiger partial charge >= 0.3 is 6.03 Å². The number of amides is 2. The van der Waals surface area contributed by atoms with E-state index in [0.717, 1.165) is 54.9 Å². The molecule has 0 aliphatic carbocycles. The molecule has 0 radical (unpaired) electrons. The van der Waals surface area contributed by atoms with E-state index in [1.54, 1.807) is 12.0 Å². The average molecular weight is 426 g/mol. The Labute approximate surface area is 180 Å². The zero-order valence-electron chi connectivity index (χ0n) is 17.4. The van der Waals surface area contributed by atoms with Gasteiger partial charge in [0.05, 0.1) is 17.3 Å². The molecular formula is C22H27N5O2S. The number of pyridine rings is 1. The maximum Gasteiger partial charge on any atom is 0.323 e. The number of piperidine rings is 1. The van der Waals surface area contributed by atoms with E-state index in [1.165, 1.54) is 17.0 Å². The van der Waals surface area contributed by atoms with Gasteiger partial charge in [-0.25, -0.2) is 9.78 Å². The van der Waals surface area contributed by atoms with Crippen LogP contribution >= 0.6 is 11.3 Å². The molecule has 4 rings (SSSR count). The van der Waals surface area contributed by atoms with Gasteiger partial charge in [0.2, 0.25) is 0 Å². The molecule has 1 saturated heterocycles. The van der Waals surface area contributed by atoms with E-state index in [1.807, 2.05) is 37.6 Å². The topological polar surface area (TPSA) is 70.6 Å². The predicted molar refractivity (Wildman–Crippen MR) is 122 cm³/mol. The normalized spacial score (nSPS) is 14.7. The standard InChI is InChI=1S/C22H27N5O2S/c1-26(12-7-16-8-13-27(14-9-16)17-5-10-23-11-6-17)22(28)25-21-24-19-4-3-18(29-2)15-20(19)30-21/h3-6,10-11,15-16H,7-9,12-14H2,1-2H3,(H,24,25,28). The molecule has 0 unspecified atom stereocenters. The second-order valence-corrected chi connectivity index (χ2v) is 8.66. The molecule has 0 atom stereocenters. The van der Waals surface area contributed by atoms with E-state index >= 15 is 0 Å². The lowest BCUT2D eigenvalue weighted by Gasteiger charge is -2.34. The molecule has 2 amide bonds. The zero-order valence-corrected chi connectivity index (χ0v) is 18.2. The lowest BCUT2D eigenvalue weighted by molar-refractivity contribution is 0.217. The minimum Gasteiger partial charge on any atom is -0.497 e. The van der Waals surface area contributed by atoms with Crippen LogP contribution in [0.3, 0.4) is 0 Å². The summed E-state index contributed by atoms with van der Waals surface area (Å²) in [6.45, 7) is 2.85. The Morgan fingerprint density at radius 2 is 2.03 bits per heavy atom. The molecule has 30 heavy (non-hydrogen) atoms. The summed E-state index contributed by atoms with van der Waals surface area (Å²) < 4.78 is 6.24. The first-order valence-electron chi connectivity index (χ1n) is 10.2. The molecule has 3 heterocycles. The van der Waals surface area contributed by atoms with Crippen LogP contribution in [0, 0.1) is 5.92 Å². The van der Waals surface area contributed by atoms with Gasteiger partial charge in [-0.15, -0.1) is 0 Å². The smallest absolute Gasteiger partial charge is 0.323 e. The summed E-state index contributed by atoms with van der Waals surface area (Å²) in [5, 5.41) is 3.54. The Morgan fingerprint density at radius 1 is 1.27 bits per heavy atom. The Morgan fingerprint density at radius 3 is 2.77 bits per heavy atom. The van der Waals surface area contributed by atoms with Crippen LogP contribution in [0.1, 0.15) is 19.3 Å². The lowest BCUT2D eigenvalue weighted by Crippen LogP contribution is -2.36. The van der Waals surface area contributed by atoms with E-state index in [2.05, 4.69) is 32.3 Å². The van der Waals surface area contributed by atoms with Crippen LogP contribution in [0.5, 0.6) is 5.75 Å². The highest BCUT2D eigenvalue weighted by atomic mass is 32.1. The number of nitrogens with zero attached hydrogens (tertiary/aromatic N) is 4. The number of aromatic nitrogens is 2. The number of benzene rings is 1. The lowest BCUT2D eigenvalue weighted by atomic mass is 9.93. The highest BCUT2D eigenvalue weighted by molar-refractivity contribution is 7.22. The van der Waals surface area contributed by atoms with Crippen molar-refractivity contribution in [2.45, 2.75) is 19.3 Å². The minimum absolute atomic E-state index is 0.116. The van der Waals surface area contributed by atoms with Gasteiger partial charge in [0, 0.05) is 44.8 Å². The number of thiazole rings is 1. The van der Waals surface area contributed by atoms with Crippen molar-refractivity contribution >= 4 is 38.4 Å². The number of hydrogen-bond donors (Lipinski definition) is 1. The maximum atomic E-state index is 12.6. The molecule has 2 aromatic heterocycles. The molecule has 0 spiro atoms. The molecule has 1 aromatic carbocycles. The number of rotatable bonds is 6. The van der Waals surface area contributed by atoms with Gasteiger partial charge in [-0.1, -0.05) is 11.3 Å². The van der Waals surface area contributed by atoms with E-state index in [9.17, 15) is 4.79 Å². The molecule has 1 N–H and O–H groups in total. The average Bonchev–Trinajstić information content (AvgIpc) is 3.19. The summed E-state index contributed by atoms with van der Waals surface area (Å²) in [5.74, 6) is 1.43. The number of methoxy groups -OCH3 is 1. The SMILES string of the molecule is COc1ccc2nc(NC(=O)N(C)CCC3CCN(c4ccncc4)CC3)sc2c1. The fraction of sp³-hybridized carbons (Fsp3) is 0.409. The van der Waals surface area contributed by atoms with Crippen molar-refractivity contribution < 1.29 is 9.53 Å². The van der Waals surface area contributed by atoms with Crippen molar-refractivity contribution in [3.8, 4) is 5.75 Å². The number of carbonyl (C=O) groups excluding carboxylic acids is 1. The first-order chi connectivity index (χ1) is 14.6. The molecule has 0 bridgehead atoms. The Bertz CT molecular complexity index is 986. The van der Waals surface area contributed by atoms with Crippen molar-refractivity contribution in [2.24, 2.45) is 5.92 Å². The van der Waals surface area contributed by atoms with Gasteiger partial charge in [0.15, 0.2) is 5.13 Å². The van der Waals surface area contributed by atoms with Crippen LogP contribution < -0.4 is 15.0 Å². The van der Waals surface area contributed by atoms with Gasteiger partial charge in [0.25, 0.3) is 0 Å². The molecule has 1 fully saturated rings. The maximum absolute atomic E-state index is 12.6. The van der Waals surface area contributed by atoms with E-state index < -0.39 is 0 Å². The van der Waals surface area contributed by atoms with Gasteiger partial charge in [-0.05, 0) is 55.5 Å². The van der Waals surface area contributed by atoms with Gasteiger partial charge in [-0.2, -0.15) is 0 Å². The Kier molecular flexibility index (Phi) is 6.32. The quantitative estimate of drug-likeness (QED) is 0.631. The zero-order chi connectivity index (χ0) is 20.9. The first-order valence-corrected chi connectivity index (χ1v) is 11.1. The second kappa shape index (κ2) is 9.30. The monoisotopic (exact) mass is 425 g/mol. The number of carbonyl (C=O) groups is 1. The van der Waals surface area contributed by atoms with Crippen LogP contribution in [0.25, 0.3) is 10.2 Å². The van der Waals surface area contributed by atoms with Crippen molar-refractivity contribution in [3.63, 3.8) is 0 Å². The first kappa shape index (κ1) is 20.4. The molecule has 1 aliphatic rings. The fourth-order valence-electron chi connectivity index (χ4n) is 3.78. The number of hydrogen-bond acceptors (Lipinski definition) is 6. The van der Waals surface area contributed by atoms with Crippen molar-refractivity contribution in [1.29, 1.82) is 0 Å². The predicted octanol–water partition coefficient (Wildman–Crippen LogP) is 4.47. The van der Waals surface area contributed by atoms with Crippen LogP contribution in [-0.4, -0.2) is 54.7 Å². The van der Waals surface area contributed by atoms with E-state index in [0.29, 0.717) is 11.0 Å². The second-order valence-electron chi connectivity index (χ2n) is 7.63. The summed E-state index contributed by atoms with van der Waals surface area (Å²) in [6, 6.07) is 9.73. The van der Waals surface area contributed by atoms with Crippen LogP contribution in [0.4, 0.5) is 15.6 Å². The fourth-order valence-corrected chi connectivity index (χ4v) is 4.67. The highest BCUT2D eigenvalue weighted by Crippen LogP contribution is 2.29. The number of urea groups is 1. The van der Waals surface area contributed by atoms with Gasteiger partial charge in [0.1, 0.15) is 5.75 Å². The highest BCUT2D eigenvalue weighted by Gasteiger charge is 2.21. The van der Waals surface area contributed by atoms with Crippen LogP contribution in [-0.2, 0) is 0 Å². The van der Waals surface area contributed by atoms with Gasteiger partial charge in [-0.3, -0.25) is 10.3 Å². The molecule has 158 valence electrons. The van der Waals surface area contributed by atoms with Crippen LogP contribution in [0.2, 0.25) is 0 Å². The number of ether oxygens (including phenoxy) is 1. The Hall–Kier alpha value is -2.87. The molecule has 7 nitrogen and oxygen atoms in total. The van der Waals surface area contributed by atoms with E-state index in [-0.39, 0.29) is 6.03 Å². The van der Waals surface area contributed by atoms with Crippen LogP contribution in [0.15, 0.2) is 42.7 Å². The molecule has 3 aromatic rings. The third kappa shape index (κ3) is 4.81. The summed E-state index contributed by atoms with van der Waals surface area (Å²) in [5.41, 5.74) is 2.10. The molecule has 0 saturated carbocycles. The van der Waals surface area contributed by atoms with Crippen molar-refractivity contribution in [1.82, 2.24) is 14.9 Å². The van der Waals surface area contributed by atoms with Crippen molar-refractivity contribution in [3.05, 3.63) is 42.7 Å². The van der Waals surface area contributed by atoms with E-state index in [4.69, 9.17) is 4.74 Å². The number of fused-ring (bicyclic) bond motifs is 1. The third-order valence-corrected chi connectivity index (χ3v) is 6.60. The third-order valence-electron chi connectivity index (χ3n) is 5.67. The summed E-state index contributed by atoms with van der Waals surface area (Å²) in [6.07, 6.45) is 7.01.